The summed E-state index contributed by atoms with van der Waals surface area (Å²) in [5, 5.41) is 1.13. The first-order valence-electron chi connectivity index (χ1n) is 11.5. The van der Waals surface area contributed by atoms with Gasteiger partial charge in [-0.25, -0.2) is 8.60 Å². The van der Waals surface area contributed by atoms with Crippen molar-refractivity contribution in [1.82, 2.24) is 9.62 Å². The molecule has 0 spiro atoms. The molecule has 1 amide bonds. The van der Waals surface area contributed by atoms with Gasteiger partial charge in [0.15, 0.2) is 0 Å². The van der Waals surface area contributed by atoms with E-state index >= 15 is 0 Å². The van der Waals surface area contributed by atoms with E-state index in [1.165, 1.54) is 12.3 Å². The summed E-state index contributed by atoms with van der Waals surface area (Å²) in [6.07, 6.45) is 5.29. The van der Waals surface area contributed by atoms with Crippen LogP contribution in [0.4, 0.5) is 4.39 Å². The molecule has 9 heteroatoms. The second-order valence-corrected chi connectivity index (χ2v) is 11.1. The summed E-state index contributed by atoms with van der Waals surface area (Å²) in [6, 6.07) is 8.89. The highest BCUT2D eigenvalue weighted by Crippen LogP contribution is 2.45. The highest BCUT2D eigenvalue weighted by Gasteiger charge is 2.30. The number of carbonyl (C=O) groups excluding carboxylic acids is 1. The first-order valence-corrected chi connectivity index (χ1v) is 13.8. The van der Waals surface area contributed by atoms with Crippen molar-refractivity contribution in [3.05, 3.63) is 62.9 Å². The van der Waals surface area contributed by atoms with Crippen LogP contribution in [-0.2, 0) is 11.0 Å². The molecule has 4 rings (SSSR count). The van der Waals surface area contributed by atoms with Crippen LogP contribution >= 0.6 is 23.2 Å². The molecular formula is C25H29Cl2FN2O3S. The molecular weight excluding hydrogens is 498 g/mol. The number of piperidine rings is 1. The zero-order chi connectivity index (χ0) is 24.4. The molecule has 34 heavy (non-hydrogen) atoms. The van der Waals surface area contributed by atoms with Gasteiger partial charge in [-0.2, -0.15) is 0 Å². The Balaban J connectivity index is 1.36. The van der Waals surface area contributed by atoms with Crippen molar-refractivity contribution < 1.29 is 18.1 Å². The Hall–Kier alpha value is -1.67. The molecule has 2 fully saturated rings. The number of nitrogens with one attached hydrogen (secondary N) is 1. The van der Waals surface area contributed by atoms with Crippen molar-refractivity contribution in [3.63, 3.8) is 0 Å². The molecule has 1 saturated carbocycles. The number of rotatable bonds is 8. The molecule has 0 aromatic heterocycles. The molecule has 5 nitrogen and oxygen atoms in total. The average molecular weight is 527 g/mol. The highest BCUT2D eigenvalue weighted by atomic mass is 35.5. The van der Waals surface area contributed by atoms with Crippen molar-refractivity contribution in [2.75, 3.05) is 26.0 Å². The average Bonchev–Trinajstić information content (AvgIpc) is 3.64. The zero-order valence-electron chi connectivity index (χ0n) is 19.3. The van der Waals surface area contributed by atoms with Crippen LogP contribution in [0.3, 0.4) is 0 Å². The third-order valence-electron chi connectivity index (χ3n) is 6.70. The Labute approximate surface area is 212 Å². The lowest BCUT2D eigenvalue weighted by atomic mass is 9.95. The fraction of sp³-hybridized carbons (Fsp3) is 0.480. The number of halogens is 3. The van der Waals surface area contributed by atoms with Gasteiger partial charge in [-0.15, -0.1) is 0 Å². The number of ether oxygens (including phenoxy) is 1. The maximum Gasteiger partial charge on any atom is 0.265 e. The van der Waals surface area contributed by atoms with Crippen molar-refractivity contribution in [1.29, 1.82) is 0 Å². The Kier molecular flexibility index (Phi) is 8.18. The highest BCUT2D eigenvalue weighted by molar-refractivity contribution is 7.82. The minimum Gasteiger partial charge on any atom is -0.493 e. The predicted octanol–water partition coefficient (Wildman–Crippen LogP) is 5.89. The fourth-order valence-corrected chi connectivity index (χ4v) is 5.14. The summed E-state index contributed by atoms with van der Waals surface area (Å²) in [5.41, 5.74) is 1.91. The van der Waals surface area contributed by atoms with Crippen LogP contribution in [0.25, 0.3) is 0 Å². The molecule has 1 aliphatic heterocycles. The smallest absolute Gasteiger partial charge is 0.265 e. The van der Waals surface area contributed by atoms with Crippen molar-refractivity contribution in [2.45, 2.75) is 44.6 Å². The van der Waals surface area contributed by atoms with Gasteiger partial charge in [0.2, 0.25) is 0 Å². The molecule has 2 atom stereocenters. The number of nitrogens with zero attached hydrogens (tertiary/aromatic N) is 1. The summed E-state index contributed by atoms with van der Waals surface area (Å²) in [7, 11) is -1.55. The van der Waals surface area contributed by atoms with Gasteiger partial charge in [0.25, 0.3) is 5.91 Å². The van der Waals surface area contributed by atoms with Crippen LogP contribution in [0.5, 0.6) is 5.75 Å². The molecule has 2 unspecified atom stereocenters. The first-order chi connectivity index (χ1) is 16.2. The molecule has 1 saturated heterocycles. The first kappa shape index (κ1) is 25.4. The van der Waals surface area contributed by atoms with E-state index in [1.54, 1.807) is 6.07 Å². The van der Waals surface area contributed by atoms with Gasteiger partial charge in [-0.05, 0) is 86.9 Å². The molecule has 0 bridgehead atoms. The van der Waals surface area contributed by atoms with Crippen LogP contribution in [0, 0.1) is 11.7 Å². The SMILES string of the molecule is CC(c1ccc(Cl)c(Cl)c1)N1CCC(COc2cc(F)c(C(=O)NS(C)=O)cc2C2CC2)CC1. The molecule has 2 aromatic carbocycles. The maximum absolute atomic E-state index is 14.7. The molecule has 184 valence electrons. The van der Waals surface area contributed by atoms with E-state index in [1.807, 2.05) is 18.2 Å². The van der Waals surface area contributed by atoms with Gasteiger partial charge in [0.1, 0.15) is 22.6 Å². The van der Waals surface area contributed by atoms with Crippen molar-refractivity contribution in [2.24, 2.45) is 5.92 Å². The van der Waals surface area contributed by atoms with Gasteiger partial charge in [0.05, 0.1) is 22.2 Å². The summed E-state index contributed by atoms with van der Waals surface area (Å²) in [6.45, 7) is 4.56. The molecule has 1 N–H and O–H groups in total. The quantitative estimate of drug-likeness (QED) is 0.466. The molecule has 0 radical (unpaired) electrons. The summed E-state index contributed by atoms with van der Waals surface area (Å²) in [5.74, 6) is -0.162. The third-order valence-corrected chi connectivity index (χ3v) is 7.91. The van der Waals surface area contributed by atoms with E-state index in [0.717, 1.165) is 49.9 Å². The van der Waals surface area contributed by atoms with E-state index in [4.69, 9.17) is 27.9 Å². The number of benzene rings is 2. The maximum atomic E-state index is 14.7. The fourth-order valence-electron chi connectivity index (χ4n) is 4.47. The van der Waals surface area contributed by atoms with Gasteiger partial charge < -0.3 is 4.74 Å². The zero-order valence-corrected chi connectivity index (χ0v) is 21.6. The van der Waals surface area contributed by atoms with Crippen LogP contribution in [0.15, 0.2) is 30.3 Å². The van der Waals surface area contributed by atoms with Gasteiger partial charge in [-0.1, -0.05) is 29.3 Å². The monoisotopic (exact) mass is 526 g/mol. The molecule has 2 aromatic rings. The third kappa shape index (κ3) is 6.11. The number of likely N-dealkylation sites (tertiary alicyclic amines) is 1. The number of hydrogen-bond donors (Lipinski definition) is 1. The Morgan fingerprint density at radius 3 is 2.50 bits per heavy atom. The second-order valence-electron chi connectivity index (χ2n) is 9.17. The Morgan fingerprint density at radius 2 is 1.88 bits per heavy atom. The number of hydrogen-bond acceptors (Lipinski definition) is 4. The van der Waals surface area contributed by atoms with Crippen LogP contribution in [0.1, 0.15) is 66.1 Å². The van der Waals surface area contributed by atoms with Crippen LogP contribution < -0.4 is 9.46 Å². The van der Waals surface area contributed by atoms with E-state index in [2.05, 4.69) is 16.5 Å². The van der Waals surface area contributed by atoms with E-state index in [9.17, 15) is 13.4 Å². The number of carbonyl (C=O) groups is 1. The van der Waals surface area contributed by atoms with Gasteiger partial charge in [-0.3, -0.25) is 14.4 Å². The minimum absolute atomic E-state index is 0.0888. The largest absolute Gasteiger partial charge is 0.493 e. The minimum atomic E-state index is -1.55. The standard InChI is InChI=1S/C25H29Cl2FN2O3S/c1-15(18-5-6-21(26)22(27)11-18)30-9-7-16(8-10-30)14-33-24-13-23(28)20(25(31)29-34(2)32)12-19(24)17-3-4-17/h5-6,11-13,15-17H,3-4,7-10,14H2,1-2H3,(H,29,31). The molecule has 1 heterocycles. The number of amides is 1. The topological polar surface area (TPSA) is 58.6 Å². The van der Waals surface area contributed by atoms with E-state index in [0.29, 0.717) is 28.3 Å². The van der Waals surface area contributed by atoms with Gasteiger partial charge >= 0.3 is 0 Å². The van der Waals surface area contributed by atoms with Gasteiger partial charge in [0, 0.05) is 18.4 Å². The van der Waals surface area contributed by atoms with Crippen molar-refractivity contribution in [3.8, 4) is 5.75 Å². The lowest BCUT2D eigenvalue weighted by Crippen LogP contribution is -2.37. The normalized spacial score (nSPS) is 19.0. The van der Waals surface area contributed by atoms with Crippen LogP contribution in [-0.4, -0.2) is 41.0 Å². The summed E-state index contributed by atoms with van der Waals surface area (Å²) >= 11 is 12.2. The lowest BCUT2D eigenvalue weighted by Gasteiger charge is -2.36. The van der Waals surface area contributed by atoms with E-state index in [-0.39, 0.29) is 17.5 Å². The molecule has 1 aliphatic carbocycles. The van der Waals surface area contributed by atoms with Crippen molar-refractivity contribution >= 4 is 40.1 Å². The van der Waals surface area contributed by atoms with Crippen LogP contribution in [0.2, 0.25) is 10.0 Å². The lowest BCUT2D eigenvalue weighted by molar-refractivity contribution is 0.0978. The van der Waals surface area contributed by atoms with E-state index < -0.39 is 22.7 Å². The Morgan fingerprint density at radius 1 is 1.18 bits per heavy atom. The second kappa shape index (κ2) is 10.9. The Bertz CT molecular complexity index is 1090. The summed E-state index contributed by atoms with van der Waals surface area (Å²) < 4.78 is 34.3. The molecule has 2 aliphatic rings. The predicted molar refractivity (Wildman–Crippen MR) is 135 cm³/mol. The summed E-state index contributed by atoms with van der Waals surface area (Å²) in [4.78, 5) is 14.6.